The number of para-hydroxylation sites is 1. The number of ether oxygens (including phenoxy) is 1. The van der Waals surface area contributed by atoms with Gasteiger partial charge in [0.15, 0.2) is 5.96 Å². The number of thiazole rings is 1. The van der Waals surface area contributed by atoms with Crippen molar-refractivity contribution in [2.45, 2.75) is 40.2 Å². The van der Waals surface area contributed by atoms with Crippen LogP contribution in [0.15, 0.2) is 34.6 Å². The molecule has 0 saturated carbocycles. The van der Waals surface area contributed by atoms with Crippen LogP contribution in [0.4, 0.5) is 0 Å². The largest absolute Gasteiger partial charge is 0.489 e. The molecule has 7 heteroatoms. The van der Waals surface area contributed by atoms with Crippen molar-refractivity contribution in [1.82, 2.24) is 15.6 Å². The van der Waals surface area contributed by atoms with Gasteiger partial charge in [0.2, 0.25) is 0 Å². The molecule has 0 bridgehead atoms. The maximum atomic E-state index is 5.98. The Balaban J connectivity index is 0.00000338. The van der Waals surface area contributed by atoms with E-state index >= 15 is 0 Å². The van der Waals surface area contributed by atoms with Crippen molar-refractivity contribution in [3.05, 3.63) is 45.9 Å². The summed E-state index contributed by atoms with van der Waals surface area (Å²) in [6.45, 7) is 10.4. The van der Waals surface area contributed by atoms with Crippen molar-refractivity contribution < 1.29 is 4.74 Å². The van der Waals surface area contributed by atoms with E-state index < -0.39 is 0 Å². The molecular formula is C19H29IN4OS. The second kappa shape index (κ2) is 12.1. The Hall–Kier alpha value is -1.35. The molecule has 1 heterocycles. The van der Waals surface area contributed by atoms with Crippen LogP contribution in [0.2, 0.25) is 0 Å². The number of nitrogens with zero attached hydrogens (tertiary/aromatic N) is 2. The Morgan fingerprint density at radius 2 is 2.04 bits per heavy atom. The lowest BCUT2D eigenvalue weighted by molar-refractivity contribution is 0.228. The molecule has 2 aromatic rings. The Morgan fingerprint density at radius 1 is 1.27 bits per heavy atom. The summed E-state index contributed by atoms with van der Waals surface area (Å²) in [4.78, 5) is 9.11. The zero-order valence-electron chi connectivity index (χ0n) is 15.9. The molecule has 0 spiro atoms. The summed E-state index contributed by atoms with van der Waals surface area (Å²) in [6, 6.07) is 8.05. The predicted molar refractivity (Wildman–Crippen MR) is 121 cm³/mol. The molecule has 0 aliphatic carbocycles. The lowest BCUT2D eigenvalue weighted by atomic mass is 10.2. The molecule has 0 radical (unpaired) electrons. The van der Waals surface area contributed by atoms with Crippen LogP contribution in [0.5, 0.6) is 5.75 Å². The highest BCUT2D eigenvalue weighted by Crippen LogP contribution is 2.17. The second-order valence-corrected chi connectivity index (χ2v) is 7.01. The zero-order chi connectivity index (χ0) is 18.1. The first-order chi connectivity index (χ1) is 12.1. The Labute approximate surface area is 177 Å². The normalized spacial score (nSPS) is 12.2. The highest BCUT2D eigenvalue weighted by atomic mass is 127. The van der Waals surface area contributed by atoms with E-state index in [1.165, 1.54) is 0 Å². The average molecular weight is 488 g/mol. The third-order valence-corrected chi connectivity index (χ3v) is 4.43. The fourth-order valence-electron chi connectivity index (χ4n) is 2.34. The van der Waals surface area contributed by atoms with Crippen LogP contribution in [0, 0.1) is 13.8 Å². The van der Waals surface area contributed by atoms with Gasteiger partial charge in [-0.2, -0.15) is 0 Å². The molecule has 0 aliphatic heterocycles. The second-order valence-electron chi connectivity index (χ2n) is 5.95. The molecule has 0 amide bonds. The summed E-state index contributed by atoms with van der Waals surface area (Å²) in [7, 11) is 0. The van der Waals surface area contributed by atoms with Crippen molar-refractivity contribution >= 4 is 41.3 Å². The molecule has 144 valence electrons. The summed E-state index contributed by atoms with van der Waals surface area (Å²) < 4.78 is 5.98. The third-order valence-electron chi connectivity index (χ3n) is 3.61. The van der Waals surface area contributed by atoms with Gasteiger partial charge in [-0.05, 0) is 39.3 Å². The minimum atomic E-state index is 0. The van der Waals surface area contributed by atoms with Gasteiger partial charge in [0.1, 0.15) is 11.9 Å². The first-order valence-corrected chi connectivity index (χ1v) is 9.62. The number of hydrogen-bond acceptors (Lipinski definition) is 4. The molecule has 1 aromatic carbocycles. The number of rotatable bonds is 8. The molecule has 1 unspecified atom stereocenters. The maximum Gasteiger partial charge on any atom is 0.191 e. The van der Waals surface area contributed by atoms with Crippen LogP contribution < -0.4 is 15.4 Å². The number of aryl methyl sites for hydroxylation is 2. The van der Waals surface area contributed by atoms with Crippen LogP contribution in [-0.2, 0) is 6.42 Å². The number of benzene rings is 1. The van der Waals surface area contributed by atoms with Gasteiger partial charge in [0.05, 0.1) is 17.2 Å². The summed E-state index contributed by atoms with van der Waals surface area (Å²) in [5, 5.41) is 9.85. The molecule has 2 N–H and O–H groups in total. The molecule has 0 aliphatic rings. The number of aliphatic imine (C=N–C) groups is 1. The van der Waals surface area contributed by atoms with Crippen LogP contribution in [-0.4, -0.2) is 36.7 Å². The number of nitrogens with one attached hydrogen (secondary N) is 2. The maximum absolute atomic E-state index is 5.98. The van der Waals surface area contributed by atoms with Crippen LogP contribution in [0.25, 0.3) is 0 Å². The van der Waals surface area contributed by atoms with Crippen LogP contribution >= 0.6 is 35.3 Å². The minimum absolute atomic E-state index is 0. The van der Waals surface area contributed by atoms with Gasteiger partial charge in [0.25, 0.3) is 0 Å². The Morgan fingerprint density at radius 3 is 2.69 bits per heavy atom. The van der Waals surface area contributed by atoms with Crippen LogP contribution in [0.3, 0.4) is 0 Å². The molecule has 1 atom stereocenters. The molecule has 0 fully saturated rings. The van der Waals surface area contributed by atoms with E-state index in [1.54, 1.807) is 11.3 Å². The van der Waals surface area contributed by atoms with Crippen molar-refractivity contribution in [3.8, 4) is 5.75 Å². The van der Waals surface area contributed by atoms with Crippen LogP contribution in [0.1, 0.15) is 30.1 Å². The summed E-state index contributed by atoms with van der Waals surface area (Å²) in [5.41, 5.74) is 2.27. The molecule has 5 nitrogen and oxygen atoms in total. The van der Waals surface area contributed by atoms with Gasteiger partial charge in [-0.3, -0.25) is 0 Å². The van der Waals surface area contributed by atoms with E-state index in [0.29, 0.717) is 6.54 Å². The SMILES string of the molecule is CCNC(=NCC(C)Oc1ccccc1C)NCCc1csc(C)n1.I. The van der Waals surface area contributed by atoms with Gasteiger partial charge < -0.3 is 15.4 Å². The van der Waals surface area contributed by atoms with Crippen molar-refractivity contribution in [2.24, 2.45) is 4.99 Å². The van der Waals surface area contributed by atoms with Gasteiger partial charge in [-0.25, -0.2) is 9.98 Å². The summed E-state index contributed by atoms with van der Waals surface area (Å²) >= 11 is 1.69. The molecule has 0 saturated heterocycles. The first kappa shape index (κ1) is 22.7. The number of aromatic nitrogens is 1. The topological polar surface area (TPSA) is 58.5 Å². The molecule has 26 heavy (non-hydrogen) atoms. The lowest BCUT2D eigenvalue weighted by Gasteiger charge is -2.16. The number of hydrogen-bond donors (Lipinski definition) is 2. The molecule has 1 aromatic heterocycles. The van der Waals surface area contributed by atoms with E-state index in [0.717, 1.165) is 47.5 Å². The summed E-state index contributed by atoms with van der Waals surface area (Å²) in [5.74, 6) is 1.73. The fourth-order valence-corrected chi connectivity index (χ4v) is 2.98. The van der Waals surface area contributed by atoms with Gasteiger partial charge in [0, 0.05) is 24.9 Å². The average Bonchev–Trinajstić information content (AvgIpc) is 3.00. The van der Waals surface area contributed by atoms with Gasteiger partial charge in [-0.1, -0.05) is 18.2 Å². The van der Waals surface area contributed by atoms with Gasteiger partial charge in [-0.15, -0.1) is 35.3 Å². The monoisotopic (exact) mass is 488 g/mol. The fraction of sp³-hybridized carbons (Fsp3) is 0.474. The Kier molecular flexibility index (Phi) is 10.6. The highest BCUT2D eigenvalue weighted by Gasteiger charge is 2.06. The van der Waals surface area contributed by atoms with Crippen molar-refractivity contribution in [1.29, 1.82) is 0 Å². The number of guanidine groups is 1. The van der Waals surface area contributed by atoms with E-state index in [4.69, 9.17) is 4.74 Å². The summed E-state index contributed by atoms with van der Waals surface area (Å²) in [6.07, 6.45) is 0.905. The highest BCUT2D eigenvalue weighted by molar-refractivity contribution is 14.0. The van der Waals surface area contributed by atoms with Crippen molar-refractivity contribution in [2.75, 3.05) is 19.6 Å². The quantitative estimate of drug-likeness (QED) is 0.336. The molecule has 2 rings (SSSR count). The van der Waals surface area contributed by atoms with E-state index in [1.807, 2.05) is 32.0 Å². The van der Waals surface area contributed by atoms with E-state index in [9.17, 15) is 0 Å². The van der Waals surface area contributed by atoms with E-state index in [2.05, 4.69) is 45.9 Å². The standard InChI is InChI=1S/C19H28N4OS.HI/c1-5-20-19(21-11-10-17-13-25-16(4)23-17)22-12-15(3)24-18-9-7-6-8-14(18)2;/h6-9,13,15H,5,10-12H2,1-4H3,(H2,20,21,22);1H. The predicted octanol–water partition coefficient (Wildman–Crippen LogP) is 3.94. The zero-order valence-corrected chi connectivity index (χ0v) is 19.1. The molecular weight excluding hydrogens is 459 g/mol. The van der Waals surface area contributed by atoms with E-state index in [-0.39, 0.29) is 30.1 Å². The number of halogens is 1. The minimum Gasteiger partial charge on any atom is -0.489 e. The van der Waals surface area contributed by atoms with Gasteiger partial charge >= 0.3 is 0 Å². The smallest absolute Gasteiger partial charge is 0.191 e. The lowest BCUT2D eigenvalue weighted by Crippen LogP contribution is -2.39. The third kappa shape index (κ3) is 7.90. The van der Waals surface area contributed by atoms with Crippen molar-refractivity contribution in [3.63, 3.8) is 0 Å². The first-order valence-electron chi connectivity index (χ1n) is 8.74. The Bertz CT molecular complexity index is 690.